The molecule has 3 N–H and O–H groups in total. The van der Waals surface area contributed by atoms with E-state index in [-0.39, 0.29) is 24.3 Å². The first kappa shape index (κ1) is 23.3. The molecule has 2 saturated heterocycles. The molecule has 0 unspecified atom stereocenters. The van der Waals surface area contributed by atoms with Crippen molar-refractivity contribution in [2.45, 2.75) is 42.5 Å². The Kier molecular flexibility index (Phi) is 5.68. The van der Waals surface area contributed by atoms with E-state index < -0.39 is 48.4 Å². The number of fused-ring (bicyclic) bond motifs is 5. The topological polar surface area (TPSA) is 109 Å². The number of hydrogen-bond acceptors (Lipinski definition) is 7. The number of ether oxygens (including phenoxy) is 3. The first-order valence-electron chi connectivity index (χ1n) is 12.0. The average molecular weight is 490 g/mol. The van der Waals surface area contributed by atoms with E-state index >= 15 is 0 Å². The van der Waals surface area contributed by atoms with E-state index in [2.05, 4.69) is 0 Å². The molecule has 36 heavy (non-hydrogen) atoms. The van der Waals surface area contributed by atoms with Gasteiger partial charge in [-0.3, -0.25) is 9.69 Å². The minimum absolute atomic E-state index is 0.155. The van der Waals surface area contributed by atoms with Gasteiger partial charge >= 0.3 is 0 Å². The van der Waals surface area contributed by atoms with Crippen LogP contribution >= 0.6 is 0 Å². The molecule has 0 spiro atoms. The second-order valence-electron chi connectivity index (χ2n) is 9.44. The molecule has 3 aromatic rings. The van der Waals surface area contributed by atoms with Crippen molar-refractivity contribution in [3.8, 4) is 0 Å². The molecule has 186 valence electrons. The maximum Gasteiger partial charge on any atom is 0.257 e. The van der Waals surface area contributed by atoms with Crippen LogP contribution in [-0.4, -0.2) is 63.2 Å². The van der Waals surface area contributed by atoms with Gasteiger partial charge in [0.1, 0.15) is 12.2 Å². The van der Waals surface area contributed by atoms with E-state index in [1.165, 1.54) is 0 Å². The lowest BCUT2D eigenvalue weighted by Gasteiger charge is -2.60. The van der Waals surface area contributed by atoms with Crippen LogP contribution in [0.5, 0.6) is 0 Å². The van der Waals surface area contributed by atoms with Gasteiger partial charge in [-0.1, -0.05) is 78.9 Å². The zero-order valence-corrected chi connectivity index (χ0v) is 19.4. The molecule has 1 amide bonds. The zero-order chi connectivity index (χ0) is 24.9. The third-order valence-electron chi connectivity index (χ3n) is 7.45. The molecule has 0 aromatic heterocycles. The number of amides is 1. The quantitative estimate of drug-likeness (QED) is 0.504. The average Bonchev–Trinajstić information content (AvgIpc) is 3.16. The summed E-state index contributed by atoms with van der Waals surface area (Å²) >= 11 is 0. The van der Waals surface area contributed by atoms with Gasteiger partial charge in [0.05, 0.1) is 25.9 Å². The van der Waals surface area contributed by atoms with Gasteiger partial charge in [0.25, 0.3) is 5.91 Å². The van der Waals surface area contributed by atoms with Gasteiger partial charge in [-0.25, -0.2) is 0 Å². The summed E-state index contributed by atoms with van der Waals surface area (Å²) in [6.45, 7) is -0.675. The Hall–Kier alpha value is -3.11. The molecule has 3 aliphatic rings. The van der Waals surface area contributed by atoms with Crippen molar-refractivity contribution in [3.05, 3.63) is 107 Å². The minimum atomic E-state index is -2.19. The lowest BCUT2D eigenvalue weighted by Crippen LogP contribution is -2.80. The lowest BCUT2D eigenvalue weighted by molar-refractivity contribution is -0.400. The Labute approximate surface area is 208 Å². The molecule has 0 bridgehead atoms. The molecule has 3 aliphatic heterocycles. The molecule has 3 aromatic carbocycles. The molecule has 0 saturated carbocycles. The van der Waals surface area contributed by atoms with Crippen LogP contribution in [-0.2, 0) is 26.5 Å². The van der Waals surface area contributed by atoms with Gasteiger partial charge in [0, 0.05) is 16.7 Å². The molecule has 8 nitrogen and oxygen atoms in total. The minimum Gasteiger partial charge on any atom is -0.394 e. The van der Waals surface area contributed by atoms with Crippen LogP contribution in [0.2, 0.25) is 0 Å². The van der Waals surface area contributed by atoms with Crippen molar-refractivity contribution in [2.24, 2.45) is 0 Å². The first-order chi connectivity index (χ1) is 17.5. The zero-order valence-electron chi connectivity index (χ0n) is 19.4. The maximum atomic E-state index is 13.5. The molecule has 0 radical (unpaired) electrons. The van der Waals surface area contributed by atoms with E-state index in [1.54, 1.807) is 24.3 Å². The number of aliphatic hydroxyl groups is 3. The molecule has 2 fully saturated rings. The van der Waals surface area contributed by atoms with Crippen LogP contribution in [0.3, 0.4) is 0 Å². The predicted molar refractivity (Wildman–Crippen MR) is 127 cm³/mol. The molecule has 8 heteroatoms. The Morgan fingerprint density at radius 1 is 0.944 bits per heavy atom. The van der Waals surface area contributed by atoms with Crippen LogP contribution in [0.25, 0.3) is 0 Å². The van der Waals surface area contributed by atoms with Gasteiger partial charge in [-0.05, 0) is 11.6 Å². The summed E-state index contributed by atoms with van der Waals surface area (Å²) < 4.78 is 18.6. The molecule has 6 rings (SSSR count). The van der Waals surface area contributed by atoms with Crippen molar-refractivity contribution in [3.63, 3.8) is 0 Å². The van der Waals surface area contributed by atoms with Crippen LogP contribution in [0.4, 0.5) is 0 Å². The fourth-order valence-electron chi connectivity index (χ4n) is 5.71. The Bertz CT molecular complexity index is 1260. The maximum absolute atomic E-state index is 13.5. The third-order valence-corrected chi connectivity index (χ3v) is 7.45. The highest BCUT2D eigenvalue weighted by molar-refractivity contribution is 6.00. The van der Waals surface area contributed by atoms with E-state index in [0.29, 0.717) is 0 Å². The standard InChI is InChI=1S/C28H27NO7/c30-15-22-23(34-16-18-9-3-1-4-10-18)24-27(32,17-35-26(36-24)19-11-5-2-6-12-19)28(33)21-14-8-7-13-20(21)25(31)29(22)28/h1-14,22-24,26,30,32-33H,15-17H2/t22-,23+,24-,26+,27-,28+/m0/s1. The summed E-state index contributed by atoms with van der Waals surface area (Å²) in [5.74, 6) is -0.502. The van der Waals surface area contributed by atoms with Crippen molar-refractivity contribution < 1.29 is 34.3 Å². The van der Waals surface area contributed by atoms with Gasteiger partial charge in [0.2, 0.25) is 5.72 Å². The van der Waals surface area contributed by atoms with Crippen LogP contribution < -0.4 is 0 Å². The highest BCUT2D eigenvalue weighted by atomic mass is 16.7. The van der Waals surface area contributed by atoms with Gasteiger partial charge < -0.3 is 29.5 Å². The fourth-order valence-corrected chi connectivity index (χ4v) is 5.71. The molecule has 0 aliphatic carbocycles. The van der Waals surface area contributed by atoms with Crippen molar-refractivity contribution in [2.75, 3.05) is 13.2 Å². The van der Waals surface area contributed by atoms with Crippen LogP contribution in [0, 0.1) is 0 Å². The normalized spacial score (nSPS) is 33.1. The van der Waals surface area contributed by atoms with Gasteiger partial charge in [0.15, 0.2) is 11.9 Å². The number of carbonyl (C=O) groups is 1. The summed E-state index contributed by atoms with van der Waals surface area (Å²) in [5, 5.41) is 34.9. The highest BCUT2D eigenvalue weighted by Gasteiger charge is 2.73. The largest absolute Gasteiger partial charge is 0.394 e. The monoisotopic (exact) mass is 489 g/mol. The Morgan fingerprint density at radius 2 is 1.61 bits per heavy atom. The molecular formula is C28H27NO7. The van der Waals surface area contributed by atoms with Crippen molar-refractivity contribution >= 4 is 5.91 Å². The number of piperidine rings is 1. The Morgan fingerprint density at radius 3 is 2.33 bits per heavy atom. The Balaban J connectivity index is 1.45. The molecule has 3 heterocycles. The molecular weight excluding hydrogens is 462 g/mol. The second-order valence-corrected chi connectivity index (χ2v) is 9.44. The van der Waals surface area contributed by atoms with E-state index in [9.17, 15) is 20.1 Å². The van der Waals surface area contributed by atoms with Gasteiger partial charge in [-0.15, -0.1) is 0 Å². The van der Waals surface area contributed by atoms with Crippen LogP contribution in [0.1, 0.15) is 33.3 Å². The summed E-state index contributed by atoms with van der Waals surface area (Å²) in [6, 6.07) is 24.3. The second kappa shape index (κ2) is 8.77. The van der Waals surface area contributed by atoms with Crippen molar-refractivity contribution in [1.29, 1.82) is 0 Å². The summed E-state index contributed by atoms with van der Waals surface area (Å²) in [7, 11) is 0. The predicted octanol–water partition coefficient (Wildman–Crippen LogP) is 2.09. The van der Waals surface area contributed by atoms with E-state index in [0.717, 1.165) is 16.0 Å². The summed E-state index contributed by atoms with van der Waals surface area (Å²) in [4.78, 5) is 14.7. The highest BCUT2D eigenvalue weighted by Crippen LogP contribution is 2.55. The number of aliphatic hydroxyl groups excluding tert-OH is 1. The third kappa shape index (κ3) is 3.27. The number of carbonyl (C=O) groups excluding carboxylic acids is 1. The summed E-state index contributed by atoms with van der Waals surface area (Å²) in [5.41, 5.74) is -2.16. The number of hydrogen-bond donors (Lipinski definition) is 3. The molecule has 6 atom stereocenters. The summed E-state index contributed by atoms with van der Waals surface area (Å²) in [6.07, 6.45) is -2.92. The first-order valence-corrected chi connectivity index (χ1v) is 12.0. The number of nitrogens with zero attached hydrogens (tertiary/aromatic N) is 1. The SMILES string of the molecule is O=C1c2ccccc2[C@]2(O)N1[C@@H](CO)[C@@H](OCc1ccccc1)[C@@H]1O[C@H](c3ccccc3)OC[C@]12O. The lowest BCUT2D eigenvalue weighted by atomic mass is 9.72. The number of rotatable bonds is 5. The fraction of sp³-hybridized carbons (Fsp3) is 0.321. The number of benzene rings is 3. The smallest absolute Gasteiger partial charge is 0.257 e. The van der Waals surface area contributed by atoms with Crippen LogP contribution in [0.15, 0.2) is 84.9 Å². The van der Waals surface area contributed by atoms with E-state index in [1.807, 2.05) is 60.7 Å². The van der Waals surface area contributed by atoms with Crippen molar-refractivity contribution in [1.82, 2.24) is 4.90 Å². The van der Waals surface area contributed by atoms with E-state index in [4.69, 9.17) is 14.2 Å². The van der Waals surface area contributed by atoms with Gasteiger partial charge in [-0.2, -0.15) is 0 Å².